The SMILES string of the molecule is CC.CC.CNS(=O)(=O)c1ccc(OCC2OCC3(CO2)COC(COc2ccc(S(=O)(=O)NC)cc2)OC3)cc1. The molecule has 0 unspecified atom stereocenters. The molecule has 2 N–H and O–H groups in total. The first kappa shape index (κ1) is 34.9. The van der Waals surface area contributed by atoms with Crippen molar-refractivity contribution in [2.45, 2.75) is 50.1 Å². The average molecular weight is 619 g/mol. The highest BCUT2D eigenvalue weighted by atomic mass is 32.2. The predicted molar refractivity (Wildman–Crippen MR) is 153 cm³/mol. The minimum absolute atomic E-state index is 0.140. The molecule has 1 spiro atoms. The van der Waals surface area contributed by atoms with Crippen LogP contribution in [-0.4, -0.2) is 83.2 Å². The molecule has 12 nitrogen and oxygen atoms in total. The Hall–Kier alpha value is -2.30. The van der Waals surface area contributed by atoms with Crippen LogP contribution < -0.4 is 18.9 Å². The number of hydrogen-bond donors (Lipinski definition) is 2. The van der Waals surface area contributed by atoms with Crippen molar-refractivity contribution in [3.8, 4) is 11.5 Å². The molecule has 0 saturated carbocycles. The van der Waals surface area contributed by atoms with Crippen LogP contribution in [0.5, 0.6) is 11.5 Å². The Labute approximate surface area is 243 Å². The van der Waals surface area contributed by atoms with Crippen molar-refractivity contribution < 1.29 is 45.3 Å². The molecule has 0 radical (unpaired) electrons. The lowest BCUT2D eigenvalue weighted by molar-refractivity contribution is -0.308. The van der Waals surface area contributed by atoms with E-state index in [1.807, 2.05) is 27.7 Å². The van der Waals surface area contributed by atoms with Crippen molar-refractivity contribution >= 4 is 20.0 Å². The van der Waals surface area contributed by atoms with Gasteiger partial charge < -0.3 is 28.4 Å². The molecule has 0 bridgehead atoms. The van der Waals surface area contributed by atoms with E-state index < -0.39 is 38.0 Å². The van der Waals surface area contributed by atoms with Gasteiger partial charge >= 0.3 is 0 Å². The summed E-state index contributed by atoms with van der Waals surface area (Å²) in [6.07, 6.45) is -1.16. The summed E-state index contributed by atoms with van der Waals surface area (Å²) in [4.78, 5) is 0.293. The highest BCUT2D eigenvalue weighted by Crippen LogP contribution is 2.31. The van der Waals surface area contributed by atoms with Crippen molar-refractivity contribution in [2.24, 2.45) is 5.41 Å². The summed E-state index contributed by atoms with van der Waals surface area (Å²) in [6, 6.07) is 12.1. The van der Waals surface area contributed by atoms with E-state index in [1.165, 1.54) is 38.4 Å². The van der Waals surface area contributed by atoms with E-state index in [1.54, 1.807) is 24.3 Å². The van der Waals surface area contributed by atoms with Crippen LogP contribution in [0.25, 0.3) is 0 Å². The lowest BCUT2D eigenvalue weighted by atomic mass is 9.91. The first-order chi connectivity index (χ1) is 19.6. The Balaban J connectivity index is 0.00000141. The zero-order chi connectivity index (χ0) is 30.5. The van der Waals surface area contributed by atoms with Gasteiger partial charge in [0.25, 0.3) is 0 Å². The molecule has 2 aromatic carbocycles. The van der Waals surface area contributed by atoms with Crippen LogP contribution in [-0.2, 0) is 39.0 Å². The largest absolute Gasteiger partial charge is 0.488 e. The molecule has 2 saturated heterocycles. The first-order valence-electron chi connectivity index (χ1n) is 13.4. The zero-order valence-electron chi connectivity index (χ0n) is 24.4. The molecule has 232 valence electrons. The summed E-state index contributed by atoms with van der Waals surface area (Å²) >= 11 is 0. The van der Waals surface area contributed by atoms with E-state index in [2.05, 4.69) is 9.44 Å². The van der Waals surface area contributed by atoms with Gasteiger partial charge in [-0.2, -0.15) is 0 Å². The van der Waals surface area contributed by atoms with Crippen LogP contribution in [0.15, 0.2) is 58.3 Å². The predicted octanol–water partition coefficient (Wildman–Crippen LogP) is 2.75. The molecule has 2 aromatic rings. The Kier molecular flexibility index (Phi) is 13.9. The van der Waals surface area contributed by atoms with Gasteiger partial charge in [0.1, 0.15) is 24.7 Å². The van der Waals surface area contributed by atoms with Crippen LogP contribution in [0.4, 0.5) is 0 Å². The number of rotatable bonds is 10. The lowest BCUT2D eigenvalue weighted by Crippen LogP contribution is -2.53. The Bertz CT molecular complexity index is 1130. The topological polar surface area (TPSA) is 148 Å². The maximum absolute atomic E-state index is 11.8. The summed E-state index contributed by atoms with van der Waals surface area (Å²) in [7, 11) is -4.31. The monoisotopic (exact) mass is 618 g/mol. The Morgan fingerprint density at radius 3 is 1.20 bits per heavy atom. The summed E-state index contributed by atoms with van der Waals surface area (Å²) in [5.41, 5.74) is -0.445. The second-order valence-corrected chi connectivity index (χ2v) is 12.4. The Morgan fingerprint density at radius 2 is 0.927 bits per heavy atom. The number of benzene rings is 2. The van der Waals surface area contributed by atoms with E-state index in [-0.39, 0.29) is 23.0 Å². The van der Waals surface area contributed by atoms with Crippen LogP contribution in [0, 0.1) is 5.41 Å². The standard InChI is InChI=1S/C23H30N2O10S2.2C2H6/c1-24-36(26,27)19-7-3-17(4-8-19)30-11-21-32-13-23(14-33-21)15-34-22(35-16-23)12-31-18-5-9-20(10-6-18)37(28,29)25-2;2*1-2/h3-10,21-22,24-25H,11-16H2,1-2H3;2*1-2H3. The fourth-order valence-electron chi connectivity index (χ4n) is 3.61. The third-order valence-corrected chi connectivity index (χ3v) is 8.74. The van der Waals surface area contributed by atoms with Gasteiger partial charge in [0, 0.05) is 0 Å². The van der Waals surface area contributed by atoms with Gasteiger partial charge in [-0.05, 0) is 62.6 Å². The van der Waals surface area contributed by atoms with E-state index in [0.717, 1.165) is 0 Å². The van der Waals surface area contributed by atoms with Crippen LogP contribution >= 0.6 is 0 Å². The van der Waals surface area contributed by atoms with Gasteiger partial charge in [-0.3, -0.25) is 0 Å². The van der Waals surface area contributed by atoms with Crippen molar-refractivity contribution in [1.82, 2.24) is 9.44 Å². The van der Waals surface area contributed by atoms with Gasteiger partial charge in [-0.1, -0.05) is 27.7 Å². The van der Waals surface area contributed by atoms with E-state index in [0.29, 0.717) is 37.9 Å². The minimum Gasteiger partial charge on any atom is -0.488 e. The van der Waals surface area contributed by atoms with Crippen molar-refractivity contribution in [3.05, 3.63) is 48.5 Å². The van der Waals surface area contributed by atoms with Crippen molar-refractivity contribution in [1.29, 1.82) is 0 Å². The molecular formula is C27H42N2O10S2. The summed E-state index contributed by atoms with van der Waals surface area (Å²) in [6.45, 7) is 9.71. The number of sulfonamides is 2. The number of hydrogen-bond acceptors (Lipinski definition) is 10. The van der Waals surface area contributed by atoms with E-state index in [9.17, 15) is 16.8 Å². The third kappa shape index (κ3) is 9.89. The highest BCUT2D eigenvalue weighted by Gasteiger charge is 2.42. The van der Waals surface area contributed by atoms with Crippen molar-refractivity contribution in [3.63, 3.8) is 0 Å². The summed E-state index contributed by atoms with van der Waals surface area (Å²) < 4.78 is 86.2. The van der Waals surface area contributed by atoms with Crippen LogP contribution in [0.3, 0.4) is 0 Å². The van der Waals surface area contributed by atoms with Crippen LogP contribution in [0.1, 0.15) is 27.7 Å². The summed E-state index contributed by atoms with van der Waals surface area (Å²) in [5.74, 6) is 0.987. The first-order valence-corrected chi connectivity index (χ1v) is 16.4. The molecule has 0 amide bonds. The molecular weight excluding hydrogens is 576 g/mol. The van der Waals surface area contributed by atoms with E-state index in [4.69, 9.17) is 28.4 Å². The molecule has 2 heterocycles. The van der Waals surface area contributed by atoms with Gasteiger partial charge in [0.05, 0.1) is 41.6 Å². The smallest absolute Gasteiger partial charge is 0.240 e. The molecule has 0 atom stereocenters. The highest BCUT2D eigenvalue weighted by molar-refractivity contribution is 7.89. The quantitative estimate of drug-likeness (QED) is 0.407. The molecule has 2 aliphatic rings. The molecule has 0 aromatic heterocycles. The fourth-order valence-corrected chi connectivity index (χ4v) is 5.07. The number of nitrogens with one attached hydrogen (secondary N) is 2. The fraction of sp³-hybridized carbons (Fsp3) is 0.556. The normalized spacial score (nSPS) is 22.5. The van der Waals surface area contributed by atoms with Gasteiger partial charge in [-0.25, -0.2) is 26.3 Å². The molecule has 4 rings (SSSR count). The zero-order valence-corrected chi connectivity index (χ0v) is 26.0. The maximum Gasteiger partial charge on any atom is 0.240 e. The van der Waals surface area contributed by atoms with Crippen LogP contribution in [0.2, 0.25) is 0 Å². The van der Waals surface area contributed by atoms with E-state index >= 15 is 0 Å². The van der Waals surface area contributed by atoms with Crippen molar-refractivity contribution in [2.75, 3.05) is 53.7 Å². The lowest BCUT2D eigenvalue weighted by Gasteiger charge is -2.43. The third-order valence-electron chi connectivity index (χ3n) is 5.88. The maximum atomic E-state index is 11.8. The second-order valence-electron chi connectivity index (χ2n) is 8.58. The molecule has 2 fully saturated rings. The average Bonchev–Trinajstić information content (AvgIpc) is 3.03. The molecule has 14 heteroatoms. The molecule has 0 aliphatic carbocycles. The van der Waals surface area contributed by atoms with Gasteiger partial charge in [0.2, 0.25) is 20.0 Å². The van der Waals surface area contributed by atoms with Gasteiger partial charge in [0.15, 0.2) is 12.6 Å². The van der Waals surface area contributed by atoms with Gasteiger partial charge in [-0.15, -0.1) is 0 Å². The summed E-state index contributed by atoms with van der Waals surface area (Å²) in [5, 5.41) is 0. The molecule has 2 aliphatic heterocycles. The second kappa shape index (κ2) is 16.4. The minimum atomic E-state index is -3.50. The molecule has 41 heavy (non-hydrogen) atoms. The Morgan fingerprint density at radius 1 is 0.634 bits per heavy atom. The number of ether oxygens (including phenoxy) is 6.